The normalized spacial score (nSPS) is 15.0. The van der Waals surface area contributed by atoms with Crippen LogP contribution in [0.25, 0.3) is 6.08 Å². The summed E-state index contributed by atoms with van der Waals surface area (Å²) in [6, 6.07) is 12.1. The number of fused-ring (bicyclic) bond motifs is 1. The largest absolute Gasteiger partial charge is 0.493 e. The molecule has 2 heterocycles. The van der Waals surface area contributed by atoms with Gasteiger partial charge < -0.3 is 18.9 Å². The van der Waals surface area contributed by atoms with Crippen LogP contribution >= 0.6 is 11.3 Å². The number of hydrogen-bond donors (Lipinski definition) is 0. The van der Waals surface area contributed by atoms with Gasteiger partial charge in [0, 0.05) is 0 Å². The zero-order valence-electron chi connectivity index (χ0n) is 22.7. The van der Waals surface area contributed by atoms with Crippen LogP contribution < -0.4 is 29.1 Å². The van der Waals surface area contributed by atoms with Gasteiger partial charge >= 0.3 is 5.97 Å². The highest BCUT2D eigenvalue weighted by Gasteiger charge is 2.34. The van der Waals surface area contributed by atoms with Crippen molar-refractivity contribution >= 4 is 23.4 Å². The fraction of sp³-hybridized carbons (Fsp3) is 0.300. The number of benzene rings is 2. The maximum atomic E-state index is 13.9. The van der Waals surface area contributed by atoms with Gasteiger partial charge in [0.05, 0.1) is 41.7 Å². The number of carbonyl (C=O) groups excluding carboxylic acids is 1. The summed E-state index contributed by atoms with van der Waals surface area (Å²) in [7, 11) is 1.55. The van der Waals surface area contributed by atoms with Gasteiger partial charge in [-0.15, -0.1) is 0 Å². The topological polar surface area (TPSA) is 88.3 Å². The lowest BCUT2D eigenvalue weighted by atomic mass is 9.95. The van der Waals surface area contributed by atoms with Crippen molar-refractivity contribution in [1.29, 1.82) is 0 Å². The van der Waals surface area contributed by atoms with E-state index in [0.717, 1.165) is 5.56 Å². The molecule has 0 saturated carbocycles. The van der Waals surface area contributed by atoms with Crippen molar-refractivity contribution in [1.82, 2.24) is 4.57 Å². The molecular weight excluding hydrogens is 516 g/mol. The Labute approximate surface area is 231 Å². The first kappa shape index (κ1) is 27.9. The summed E-state index contributed by atoms with van der Waals surface area (Å²) in [5, 5.41) is 0. The molecule has 39 heavy (non-hydrogen) atoms. The second-order valence-corrected chi connectivity index (χ2v) is 10.1. The van der Waals surface area contributed by atoms with Crippen molar-refractivity contribution in [2.75, 3.05) is 20.3 Å². The van der Waals surface area contributed by atoms with Gasteiger partial charge in [0.1, 0.15) is 12.4 Å². The minimum Gasteiger partial charge on any atom is -0.493 e. The molecule has 1 atom stereocenters. The third-order valence-corrected chi connectivity index (χ3v) is 6.89. The lowest BCUT2D eigenvalue weighted by molar-refractivity contribution is -0.139. The van der Waals surface area contributed by atoms with Gasteiger partial charge in [0.25, 0.3) is 5.56 Å². The number of methoxy groups -OCH3 is 1. The lowest BCUT2D eigenvalue weighted by Gasteiger charge is -2.25. The van der Waals surface area contributed by atoms with Crippen molar-refractivity contribution in [2.45, 2.75) is 39.8 Å². The van der Waals surface area contributed by atoms with E-state index in [1.165, 1.54) is 11.3 Å². The van der Waals surface area contributed by atoms with E-state index in [4.69, 9.17) is 18.9 Å². The van der Waals surface area contributed by atoms with Gasteiger partial charge in [-0.1, -0.05) is 42.2 Å². The summed E-state index contributed by atoms with van der Waals surface area (Å²) >= 11 is 1.26. The number of rotatable bonds is 10. The zero-order chi connectivity index (χ0) is 28.1. The third kappa shape index (κ3) is 5.98. The highest BCUT2D eigenvalue weighted by atomic mass is 32.1. The van der Waals surface area contributed by atoms with Crippen LogP contribution in [0.2, 0.25) is 0 Å². The number of hydrogen-bond acceptors (Lipinski definition) is 8. The summed E-state index contributed by atoms with van der Waals surface area (Å²) in [4.78, 5) is 32.2. The summed E-state index contributed by atoms with van der Waals surface area (Å²) in [6.07, 6.45) is 3.41. The standard InChI is InChI=1S/C30H32N2O6S/c1-7-14-37-22-11-9-10-20(15-22)16-25-28(33)32-27(21-12-13-23(38-18(3)4)24(17-21)35-6)26(29(34)36-8-2)19(5)31-30(32)39-25/h7,9-13,15-18,27H,1,8,14H2,2-6H3/b25-16+/t27-/m1/s1. The Kier molecular flexibility index (Phi) is 8.71. The van der Waals surface area contributed by atoms with Crippen LogP contribution in [0, 0.1) is 0 Å². The first-order chi connectivity index (χ1) is 18.8. The highest BCUT2D eigenvalue weighted by molar-refractivity contribution is 7.07. The lowest BCUT2D eigenvalue weighted by Crippen LogP contribution is -2.40. The monoisotopic (exact) mass is 548 g/mol. The van der Waals surface area contributed by atoms with Gasteiger partial charge in [-0.3, -0.25) is 9.36 Å². The van der Waals surface area contributed by atoms with E-state index >= 15 is 0 Å². The van der Waals surface area contributed by atoms with E-state index in [0.29, 0.717) is 50.0 Å². The van der Waals surface area contributed by atoms with Gasteiger partial charge in [-0.2, -0.15) is 0 Å². The molecule has 3 aromatic rings. The molecule has 2 aromatic carbocycles. The molecule has 1 aromatic heterocycles. The molecule has 0 radical (unpaired) electrons. The maximum Gasteiger partial charge on any atom is 0.338 e. The van der Waals surface area contributed by atoms with E-state index in [-0.39, 0.29) is 18.3 Å². The second kappa shape index (κ2) is 12.2. The molecule has 1 aliphatic heterocycles. The fourth-order valence-corrected chi connectivity index (χ4v) is 5.36. The van der Waals surface area contributed by atoms with Gasteiger partial charge in [-0.05, 0) is 69.2 Å². The van der Waals surface area contributed by atoms with Crippen molar-refractivity contribution in [2.24, 2.45) is 4.99 Å². The van der Waals surface area contributed by atoms with Gasteiger partial charge in [0.2, 0.25) is 0 Å². The number of nitrogens with zero attached hydrogens (tertiary/aromatic N) is 2. The Morgan fingerprint density at radius 2 is 2.00 bits per heavy atom. The van der Waals surface area contributed by atoms with Gasteiger partial charge in [0.15, 0.2) is 16.3 Å². The van der Waals surface area contributed by atoms with E-state index in [1.807, 2.05) is 44.2 Å². The van der Waals surface area contributed by atoms with Crippen LogP contribution in [-0.4, -0.2) is 37.0 Å². The molecule has 0 bridgehead atoms. The van der Waals surface area contributed by atoms with E-state index in [9.17, 15) is 9.59 Å². The highest BCUT2D eigenvalue weighted by Crippen LogP contribution is 2.36. The summed E-state index contributed by atoms with van der Waals surface area (Å²) < 4.78 is 24.5. The summed E-state index contributed by atoms with van der Waals surface area (Å²) in [6.45, 7) is 11.6. The molecule has 0 saturated heterocycles. The first-order valence-corrected chi connectivity index (χ1v) is 13.5. The SMILES string of the molecule is C=CCOc1cccc(/C=c2/sc3n(c2=O)[C@H](c2ccc(OC(C)C)c(OC)c2)C(C(=O)OCC)=C(C)N=3)c1. The molecular formula is C30H32N2O6S. The molecule has 0 aliphatic carbocycles. The van der Waals surface area contributed by atoms with Gasteiger partial charge in [-0.25, -0.2) is 9.79 Å². The average molecular weight is 549 g/mol. The Balaban J connectivity index is 1.90. The van der Waals surface area contributed by atoms with Crippen LogP contribution in [0.1, 0.15) is 44.9 Å². The van der Waals surface area contributed by atoms with E-state index < -0.39 is 12.0 Å². The second-order valence-electron chi connectivity index (χ2n) is 9.05. The van der Waals surface area contributed by atoms with Crippen molar-refractivity contribution in [3.8, 4) is 17.2 Å². The van der Waals surface area contributed by atoms with Crippen molar-refractivity contribution in [3.63, 3.8) is 0 Å². The first-order valence-electron chi connectivity index (χ1n) is 12.6. The molecule has 204 valence electrons. The molecule has 4 rings (SSSR count). The number of aromatic nitrogens is 1. The fourth-order valence-electron chi connectivity index (χ4n) is 4.31. The number of esters is 1. The van der Waals surface area contributed by atoms with E-state index in [1.54, 1.807) is 49.8 Å². The average Bonchev–Trinajstić information content (AvgIpc) is 3.21. The molecule has 0 fully saturated rings. The van der Waals surface area contributed by atoms with E-state index in [2.05, 4.69) is 11.6 Å². The van der Waals surface area contributed by atoms with Crippen LogP contribution in [0.4, 0.5) is 0 Å². The predicted molar refractivity (Wildman–Crippen MR) is 151 cm³/mol. The van der Waals surface area contributed by atoms with Crippen molar-refractivity contribution < 1.29 is 23.7 Å². The Hall–Kier alpha value is -4.11. The Bertz CT molecular complexity index is 1600. The Morgan fingerprint density at radius 3 is 2.69 bits per heavy atom. The number of carbonyl (C=O) groups is 1. The number of allylic oxidation sites excluding steroid dienone is 1. The molecule has 8 nitrogen and oxygen atoms in total. The van der Waals surface area contributed by atoms with Crippen LogP contribution in [-0.2, 0) is 9.53 Å². The summed E-state index contributed by atoms with van der Waals surface area (Å²) in [5.74, 6) is 1.22. The molecule has 0 N–H and O–H groups in total. The quantitative estimate of drug-likeness (QED) is 0.279. The molecule has 0 unspecified atom stereocenters. The molecule has 1 aliphatic rings. The van der Waals surface area contributed by atoms with Crippen LogP contribution in [0.15, 0.2) is 76.2 Å². The van der Waals surface area contributed by atoms with Crippen LogP contribution in [0.5, 0.6) is 17.2 Å². The summed E-state index contributed by atoms with van der Waals surface area (Å²) in [5.41, 5.74) is 2.00. The minimum absolute atomic E-state index is 0.0553. The zero-order valence-corrected chi connectivity index (χ0v) is 23.5. The van der Waals surface area contributed by atoms with Crippen LogP contribution in [0.3, 0.4) is 0 Å². The Morgan fingerprint density at radius 1 is 1.21 bits per heavy atom. The van der Waals surface area contributed by atoms with Crippen molar-refractivity contribution in [3.05, 3.63) is 97.2 Å². The smallest absolute Gasteiger partial charge is 0.338 e. The number of ether oxygens (including phenoxy) is 4. The predicted octanol–water partition coefficient (Wildman–Crippen LogP) is 4.16. The third-order valence-electron chi connectivity index (χ3n) is 5.91. The maximum absolute atomic E-state index is 13.9. The molecule has 0 spiro atoms. The number of thiazole rings is 1. The molecule has 9 heteroatoms. The molecule has 0 amide bonds. The minimum atomic E-state index is -0.758.